The third-order valence-corrected chi connectivity index (χ3v) is 3.43. The average Bonchev–Trinajstić information content (AvgIpc) is 3.08. The Morgan fingerprint density at radius 2 is 2.26 bits per heavy atom. The van der Waals surface area contributed by atoms with Gasteiger partial charge in [-0.05, 0) is 37.1 Å². The fourth-order valence-electron chi connectivity index (χ4n) is 2.56. The first kappa shape index (κ1) is 11.9. The quantitative estimate of drug-likeness (QED) is 0.842. The van der Waals surface area contributed by atoms with Gasteiger partial charge in [0, 0.05) is 18.4 Å². The van der Waals surface area contributed by atoms with Crippen LogP contribution in [0, 0.1) is 5.95 Å². The van der Waals surface area contributed by atoms with Gasteiger partial charge in [0.25, 0.3) is 5.91 Å². The van der Waals surface area contributed by atoms with E-state index in [1.807, 2.05) is 18.3 Å². The van der Waals surface area contributed by atoms with Crippen LogP contribution in [-0.4, -0.2) is 27.3 Å². The molecule has 1 unspecified atom stereocenters. The molecular weight excluding hydrogens is 245 g/mol. The molecule has 3 rings (SSSR count). The van der Waals surface area contributed by atoms with Crippen molar-refractivity contribution >= 4 is 5.91 Å². The molecule has 2 aromatic rings. The summed E-state index contributed by atoms with van der Waals surface area (Å²) in [7, 11) is 0. The van der Waals surface area contributed by atoms with Crippen molar-refractivity contribution < 1.29 is 9.18 Å². The Morgan fingerprint density at radius 3 is 3.00 bits per heavy atom. The summed E-state index contributed by atoms with van der Waals surface area (Å²) < 4.78 is 13.1. The lowest BCUT2D eigenvalue weighted by Crippen LogP contribution is -2.31. The lowest BCUT2D eigenvalue weighted by molar-refractivity contribution is 0.0726. The van der Waals surface area contributed by atoms with E-state index in [4.69, 9.17) is 0 Å². The number of carbonyl (C=O) groups excluding carboxylic acids is 1. The zero-order valence-electron chi connectivity index (χ0n) is 10.3. The van der Waals surface area contributed by atoms with E-state index >= 15 is 0 Å². The van der Waals surface area contributed by atoms with E-state index in [1.54, 1.807) is 11.0 Å². The van der Waals surface area contributed by atoms with Crippen LogP contribution in [0.15, 0.2) is 36.5 Å². The van der Waals surface area contributed by atoms with Gasteiger partial charge in [-0.25, -0.2) is 4.98 Å². The SMILES string of the molecule is O=C(c1cccc(F)n1)N1CCCC1c1ccc[nH]1. The molecule has 1 aliphatic rings. The molecule has 98 valence electrons. The van der Waals surface area contributed by atoms with E-state index in [2.05, 4.69) is 9.97 Å². The summed E-state index contributed by atoms with van der Waals surface area (Å²) in [6.07, 6.45) is 3.71. The van der Waals surface area contributed by atoms with Gasteiger partial charge in [-0.3, -0.25) is 4.79 Å². The van der Waals surface area contributed by atoms with Crippen LogP contribution in [0.4, 0.5) is 4.39 Å². The Kier molecular flexibility index (Phi) is 3.03. The number of hydrogen-bond acceptors (Lipinski definition) is 2. The van der Waals surface area contributed by atoms with E-state index in [-0.39, 0.29) is 17.6 Å². The number of nitrogens with zero attached hydrogens (tertiary/aromatic N) is 2. The molecule has 1 fully saturated rings. The van der Waals surface area contributed by atoms with Crippen LogP contribution in [0.5, 0.6) is 0 Å². The van der Waals surface area contributed by atoms with Crippen molar-refractivity contribution in [2.45, 2.75) is 18.9 Å². The summed E-state index contributed by atoms with van der Waals surface area (Å²) in [5.74, 6) is -0.835. The number of H-pyrrole nitrogens is 1. The first-order valence-corrected chi connectivity index (χ1v) is 6.32. The van der Waals surface area contributed by atoms with Gasteiger partial charge >= 0.3 is 0 Å². The molecule has 5 heteroatoms. The van der Waals surface area contributed by atoms with E-state index in [0.717, 1.165) is 18.5 Å². The molecule has 1 N–H and O–H groups in total. The second-order valence-electron chi connectivity index (χ2n) is 4.63. The molecule has 1 amide bonds. The summed E-state index contributed by atoms with van der Waals surface area (Å²) in [5.41, 5.74) is 1.18. The molecule has 1 atom stereocenters. The maximum absolute atomic E-state index is 13.1. The monoisotopic (exact) mass is 259 g/mol. The van der Waals surface area contributed by atoms with E-state index in [0.29, 0.717) is 6.54 Å². The summed E-state index contributed by atoms with van der Waals surface area (Å²) in [4.78, 5) is 20.9. The van der Waals surface area contributed by atoms with Crippen molar-refractivity contribution in [1.29, 1.82) is 0 Å². The zero-order chi connectivity index (χ0) is 13.2. The number of pyridine rings is 1. The molecule has 0 saturated carbocycles. The number of carbonyl (C=O) groups is 1. The van der Waals surface area contributed by atoms with Crippen LogP contribution in [0.1, 0.15) is 35.1 Å². The molecule has 19 heavy (non-hydrogen) atoms. The third kappa shape index (κ3) is 2.23. The number of hydrogen-bond donors (Lipinski definition) is 1. The molecule has 1 aliphatic heterocycles. The van der Waals surface area contributed by atoms with Crippen LogP contribution in [0.2, 0.25) is 0 Å². The molecule has 0 bridgehead atoms. The Balaban J connectivity index is 1.87. The molecule has 1 saturated heterocycles. The van der Waals surface area contributed by atoms with Crippen LogP contribution in [0.25, 0.3) is 0 Å². The Labute approximate surface area is 110 Å². The lowest BCUT2D eigenvalue weighted by atomic mass is 10.1. The number of likely N-dealkylation sites (tertiary alicyclic amines) is 1. The molecular formula is C14H14FN3O. The summed E-state index contributed by atoms with van der Waals surface area (Å²) in [6.45, 7) is 0.681. The summed E-state index contributed by atoms with van der Waals surface area (Å²) >= 11 is 0. The smallest absolute Gasteiger partial charge is 0.273 e. The van der Waals surface area contributed by atoms with Gasteiger partial charge in [-0.15, -0.1) is 0 Å². The van der Waals surface area contributed by atoms with Crippen molar-refractivity contribution in [3.8, 4) is 0 Å². The largest absolute Gasteiger partial charge is 0.363 e. The van der Waals surface area contributed by atoms with Gasteiger partial charge in [0.15, 0.2) is 0 Å². The Bertz CT molecular complexity index is 582. The van der Waals surface area contributed by atoms with Gasteiger partial charge in [0.05, 0.1) is 6.04 Å². The molecule has 0 radical (unpaired) electrons. The molecule has 2 aromatic heterocycles. The number of aromatic amines is 1. The molecule has 0 aliphatic carbocycles. The lowest BCUT2D eigenvalue weighted by Gasteiger charge is -2.23. The normalized spacial score (nSPS) is 18.8. The topological polar surface area (TPSA) is 49.0 Å². The number of aromatic nitrogens is 2. The van der Waals surface area contributed by atoms with E-state index in [9.17, 15) is 9.18 Å². The molecule has 0 aromatic carbocycles. The van der Waals surface area contributed by atoms with Crippen molar-refractivity contribution in [2.75, 3.05) is 6.54 Å². The second-order valence-corrected chi connectivity index (χ2v) is 4.63. The van der Waals surface area contributed by atoms with Crippen LogP contribution < -0.4 is 0 Å². The van der Waals surface area contributed by atoms with Crippen molar-refractivity contribution in [3.63, 3.8) is 0 Å². The highest BCUT2D eigenvalue weighted by Crippen LogP contribution is 2.31. The highest BCUT2D eigenvalue weighted by atomic mass is 19.1. The number of amides is 1. The molecule has 3 heterocycles. The maximum Gasteiger partial charge on any atom is 0.273 e. The zero-order valence-corrected chi connectivity index (χ0v) is 10.3. The minimum Gasteiger partial charge on any atom is -0.363 e. The fourth-order valence-corrected chi connectivity index (χ4v) is 2.56. The van der Waals surface area contributed by atoms with Gasteiger partial charge in [0.2, 0.25) is 5.95 Å². The van der Waals surface area contributed by atoms with E-state index in [1.165, 1.54) is 12.1 Å². The van der Waals surface area contributed by atoms with Gasteiger partial charge in [-0.1, -0.05) is 6.07 Å². The van der Waals surface area contributed by atoms with E-state index < -0.39 is 5.95 Å². The van der Waals surface area contributed by atoms with Gasteiger partial charge < -0.3 is 9.88 Å². The summed E-state index contributed by atoms with van der Waals surface area (Å²) in [6, 6.07) is 8.22. The minimum absolute atomic E-state index is 0.0348. The van der Waals surface area contributed by atoms with Gasteiger partial charge in [-0.2, -0.15) is 4.39 Å². The van der Waals surface area contributed by atoms with Crippen molar-refractivity contribution in [1.82, 2.24) is 14.9 Å². The summed E-state index contributed by atoms with van der Waals surface area (Å²) in [5, 5.41) is 0. The average molecular weight is 259 g/mol. The predicted octanol–water partition coefficient (Wildman–Crippen LogP) is 2.53. The highest BCUT2D eigenvalue weighted by Gasteiger charge is 2.31. The second kappa shape index (κ2) is 4.84. The molecule has 0 spiro atoms. The van der Waals surface area contributed by atoms with Crippen LogP contribution in [0.3, 0.4) is 0 Å². The van der Waals surface area contributed by atoms with Crippen molar-refractivity contribution in [3.05, 3.63) is 53.9 Å². The minimum atomic E-state index is -0.624. The molecule has 4 nitrogen and oxygen atoms in total. The fraction of sp³-hybridized carbons (Fsp3) is 0.286. The highest BCUT2D eigenvalue weighted by molar-refractivity contribution is 5.92. The van der Waals surface area contributed by atoms with Crippen molar-refractivity contribution in [2.24, 2.45) is 0 Å². The third-order valence-electron chi connectivity index (χ3n) is 3.43. The predicted molar refractivity (Wildman–Crippen MR) is 68.0 cm³/mol. The van der Waals surface area contributed by atoms with Crippen LogP contribution >= 0.6 is 0 Å². The first-order chi connectivity index (χ1) is 9.25. The number of nitrogens with one attached hydrogen (secondary N) is 1. The van der Waals surface area contributed by atoms with Gasteiger partial charge in [0.1, 0.15) is 5.69 Å². The maximum atomic E-state index is 13.1. The standard InChI is InChI=1S/C14H14FN3O/c15-13-7-1-4-11(17-13)14(19)18-9-3-6-12(18)10-5-2-8-16-10/h1-2,4-5,7-8,12,16H,3,6,9H2. The number of halogens is 1. The first-order valence-electron chi connectivity index (χ1n) is 6.32. The number of rotatable bonds is 2. The Hall–Kier alpha value is -2.17. The van der Waals surface area contributed by atoms with Crippen LogP contribution in [-0.2, 0) is 0 Å². The Morgan fingerprint density at radius 1 is 1.37 bits per heavy atom.